The average molecular weight is 424 g/mol. The quantitative estimate of drug-likeness (QED) is 0.592. The van der Waals surface area contributed by atoms with E-state index >= 15 is 0 Å². The number of para-hydroxylation sites is 1. The molecule has 1 amide bonds. The number of aromatic nitrogens is 1. The van der Waals surface area contributed by atoms with Crippen molar-refractivity contribution in [2.45, 2.75) is 32.2 Å². The summed E-state index contributed by atoms with van der Waals surface area (Å²) in [7, 11) is 0. The minimum absolute atomic E-state index is 0.113. The van der Waals surface area contributed by atoms with Gasteiger partial charge in [-0.05, 0) is 37.5 Å². The molecule has 0 spiro atoms. The van der Waals surface area contributed by atoms with Crippen LogP contribution in [0.15, 0.2) is 48.5 Å². The van der Waals surface area contributed by atoms with Gasteiger partial charge in [0.2, 0.25) is 5.91 Å². The molecule has 4 rings (SSSR count). The molecule has 2 aromatic carbocycles. The molecule has 1 aliphatic heterocycles. The number of benzene rings is 2. The van der Waals surface area contributed by atoms with Gasteiger partial charge in [0.25, 0.3) is 0 Å². The minimum atomic E-state index is 0.113. The highest BCUT2D eigenvalue weighted by Gasteiger charge is 2.23. The third-order valence-corrected chi connectivity index (χ3v) is 6.63. The maximum absolute atomic E-state index is 12.5. The van der Waals surface area contributed by atoms with E-state index in [1.807, 2.05) is 18.2 Å². The summed E-state index contributed by atoms with van der Waals surface area (Å²) in [5.41, 5.74) is 3.55. The third-order valence-electron chi connectivity index (χ3n) is 5.54. The Hall–Kier alpha value is -2.28. The van der Waals surface area contributed by atoms with Crippen molar-refractivity contribution >= 4 is 27.5 Å². The van der Waals surface area contributed by atoms with Crippen LogP contribution < -0.4 is 5.32 Å². The fourth-order valence-corrected chi connectivity index (χ4v) is 4.96. The number of amides is 1. The van der Waals surface area contributed by atoms with Crippen molar-refractivity contribution in [3.05, 3.63) is 64.7 Å². The number of fused-ring (bicyclic) bond motifs is 1. The lowest BCUT2D eigenvalue weighted by atomic mass is 10.0. The molecule has 0 radical (unpaired) electrons. The lowest BCUT2D eigenvalue weighted by Crippen LogP contribution is -2.43. The molecule has 1 aromatic heterocycles. The molecular weight excluding hydrogens is 394 g/mol. The van der Waals surface area contributed by atoms with Crippen molar-refractivity contribution in [2.75, 3.05) is 32.8 Å². The summed E-state index contributed by atoms with van der Waals surface area (Å²) >= 11 is 1.72. The Morgan fingerprint density at radius 2 is 2.03 bits per heavy atom. The van der Waals surface area contributed by atoms with Crippen LogP contribution in [0.4, 0.5) is 0 Å². The molecule has 30 heavy (non-hydrogen) atoms. The van der Waals surface area contributed by atoms with E-state index in [-0.39, 0.29) is 11.9 Å². The Balaban J connectivity index is 1.30. The summed E-state index contributed by atoms with van der Waals surface area (Å²) in [4.78, 5) is 19.6. The second kappa shape index (κ2) is 10.2. The van der Waals surface area contributed by atoms with Crippen LogP contribution in [-0.4, -0.2) is 48.6 Å². The zero-order valence-electron chi connectivity index (χ0n) is 17.5. The van der Waals surface area contributed by atoms with E-state index in [1.165, 1.54) is 15.8 Å². The Labute approximate surface area is 182 Å². The molecule has 6 heteroatoms. The van der Waals surface area contributed by atoms with Crippen LogP contribution in [-0.2, 0) is 16.0 Å². The Morgan fingerprint density at radius 1 is 1.20 bits per heavy atom. The molecule has 1 aliphatic rings. The monoisotopic (exact) mass is 423 g/mol. The highest BCUT2D eigenvalue weighted by atomic mass is 32.1. The van der Waals surface area contributed by atoms with Gasteiger partial charge in [-0.25, -0.2) is 4.98 Å². The van der Waals surface area contributed by atoms with Gasteiger partial charge >= 0.3 is 0 Å². The standard InChI is InChI=1S/C24H29N3O2S/c1-18-6-4-7-19(16-18)21(27-12-14-29-15-13-27)17-25-23(28)10-5-11-24-26-20-8-2-3-9-22(20)30-24/h2-4,6-9,16,21H,5,10-15,17H2,1H3,(H,25,28). The van der Waals surface area contributed by atoms with E-state index in [0.717, 1.165) is 49.7 Å². The van der Waals surface area contributed by atoms with E-state index in [0.29, 0.717) is 13.0 Å². The average Bonchev–Trinajstić information content (AvgIpc) is 3.17. The van der Waals surface area contributed by atoms with Crippen molar-refractivity contribution in [3.63, 3.8) is 0 Å². The van der Waals surface area contributed by atoms with Crippen LogP contribution in [0.5, 0.6) is 0 Å². The highest BCUT2D eigenvalue weighted by Crippen LogP contribution is 2.24. The maximum Gasteiger partial charge on any atom is 0.220 e. The van der Waals surface area contributed by atoms with E-state index in [1.54, 1.807) is 11.3 Å². The van der Waals surface area contributed by atoms with Gasteiger partial charge in [-0.2, -0.15) is 0 Å². The smallest absolute Gasteiger partial charge is 0.220 e. The van der Waals surface area contributed by atoms with Gasteiger partial charge in [-0.3, -0.25) is 9.69 Å². The number of nitrogens with zero attached hydrogens (tertiary/aromatic N) is 2. The summed E-state index contributed by atoms with van der Waals surface area (Å²) < 4.78 is 6.73. The second-order valence-electron chi connectivity index (χ2n) is 7.81. The van der Waals surface area contributed by atoms with Crippen molar-refractivity contribution in [1.82, 2.24) is 15.2 Å². The van der Waals surface area contributed by atoms with Gasteiger partial charge < -0.3 is 10.1 Å². The zero-order chi connectivity index (χ0) is 20.8. The SMILES string of the molecule is Cc1cccc(C(CNC(=O)CCCc2nc3ccccc3s2)N2CCOCC2)c1. The summed E-state index contributed by atoms with van der Waals surface area (Å²) in [5, 5.41) is 4.28. The van der Waals surface area contributed by atoms with Crippen LogP contribution in [0, 0.1) is 6.92 Å². The normalized spacial score (nSPS) is 15.9. The molecule has 3 aromatic rings. The third kappa shape index (κ3) is 5.45. The van der Waals surface area contributed by atoms with Crippen LogP contribution in [0.3, 0.4) is 0 Å². The number of aryl methyl sites for hydroxylation is 2. The molecule has 0 bridgehead atoms. The first kappa shape index (κ1) is 21.0. The van der Waals surface area contributed by atoms with Gasteiger partial charge in [-0.1, -0.05) is 42.0 Å². The molecule has 0 saturated carbocycles. The molecule has 1 N–H and O–H groups in total. The van der Waals surface area contributed by atoms with Crippen molar-refractivity contribution in [2.24, 2.45) is 0 Å². The summed E-state index contributed by atoms with van der Waals surface area (Å²) in [6, 6.07) is 17.0. The predicted octanol–water partition coefficient (Wildman–Crippen LogP) is 4.12. The van der Waals surface area contributed by atoms with Crippen molar-refractivity contribution in [1.29, 1.82) is 0 Å². The van der Waals surface area contributed by atoms with E-state index < -0.39 is 0 Å². The number of carbonyl (C=O) groups is 1. The first-order valence-electron chi connectivity index (χ1n) is 10.7. The maximum atomic E-state index is 12.5. The number of nitrogens with one attached hydrogen (secondary N) is 1. The van der Waals surface area contributed by atoms with Gasteiger partial charge in [0.1, 0.15) is 0 Å². The van der Waals surface area contributed by atoms with Gasteiger partial charge in [0.15, 0.2) is 0 Å². The van der Waals surface area contributed by atoms with Crippen LogP contribution >= 0.6 is 11.3 Å². The summed E-state index contributed by atoms with van der Waals surface area (Å²) in [6.45, 7) is 6.03. The van der Waals surface area contributed by atoms with Gasteiger partial charge in [0, 0.05) is 26.1 Å². The zero-order valence-corrected chi connectivity index (χ0v) is 18.3. The first-order valence-corrected chi connectivity index (χ1v) is 11.5. The Morgan fingerprint density at radius 3 is 2.83 bits per heavy atom. The molecule has 2 heterocycles. The number of thiazole rings is 1. The number of hydrogen-bond donors (Lipinski definition) is 1. The molecule has 1 saturated heterocycles. The highest BCUT2D eigenvalue weighted by molar-refractivity contribution is 7.18. The Kier molecular flexibility index (Phi) is 7.10. The van der Waals surface area contributed by atoms with E-state index in [9.17, 15) is 4.79 Å². The summed E-state index contributed by atoms with van der Waals surface area (Å²) in [6.07, 6.45) is 2.19. The molecule has 1 unspecified atom stereocenters. The first-order chi connectivity index (χ1) is 14.7. The van der Waals surface area contributed by atoms with Gasteiger partial charge in [0.05, 0.1) is 34.5 Å². The van der Waals surface area contributed by atoms with Crippen LogP contribution in [0.1, 0.15) is 35.0 Å². The largest absolute Gasteiger partial charge is 0.379 e. The number of carbonyl (C=O) groups excluding carboxylic acids is 1. The molecule has 158 valence electrons. The molecule has 0 aliphatic carbocycles. The summed E-state index contributed by atoms with van der Waals surface area (Å²) in [5.74, 6) is 0.113. The number of ether oxygens (including phenoxy) is 1. The number of rotatable bonds is 8. The Bertz CT molecular complexity index is 948. The predicted molar refractivity (Wildman–Crippen MR) is 122 cm³/mol. The van der Waals surface area contributed by atoms with Crippen LogP contribution in [0.25, 0.3) is 10.2 Å². The lowest BCUT2D eigenvalue weighted by molar-refractivity contribution is -0.121. The van der Waals surface area contributed by atoms with Crippen LogP contribution in [0.2, 0.25) is 0 Å². The topological polar surface area (TPSA) is 54.5 Å². The molecular formula is C24H29N3O2S. The van der Waals surface area contributed by atoms with E-state index in [4.69, 9.17) is 4.74 Å². The van der Waals surface area contributed by atoms with Crippen molar-refractivity contribution in [3.8, 4) is 0 Å². The van der Waals surface area contributed by atoms with E-state index in [2.05, 4.69) is 52.5 Å². The molecule has 5 nitrogen and oxygen atoms in total. The molecule has 1 atom stereocenters. The minimum Gasteiger partial charge on any atom is -0.379 e. The molecule has 1 fully saturated rings. The number of hydrogen-bond acceptors (Lipinski definition) is 5. The second-order valence-corrected chi connectivity index (χ2v) is 8.93. The fourth-order valence-electron chi connectivity index (χ4n) is 3.95. The van der Waals surface area contributed by atoms with Gasteiger partial charge in [-0.15, -0.1) is 11.3 Å². The number of morpholine rings is 1. The van der Waals surface area contributed by atoms with Crippen molar-refractivity contribution < 1.29 is 9.53 Å². The lowest BCUT2D eigenvalue weighted by Gasteiger charge is -2.35. The fraction of sp³-hybridized carbons (Fsp3) is 0.417.